The van der Waals surface area contributed by atoms with Gasteiger partial charge < -0.3 is 9.84 Å². The van der Waals surface area contributed by atoms with E-state index >= 15 is 0 Å². The van der Waals surface area contributed by atoms with Crippen LogP contribution in [0.1, 0.15) is 24.8 Å². The van der Waals surface area contributed by atoms with Gasteiger partial charge in [-0.25, -0.2) is 4.79 Å². The largest absolute Gasteiger partial charge is 0.337 e. The molecule has 142 valence electrons. The van der Waals surface area contributed by atoms with Crippen LogP contribution in [0.2, 0.25) is 5.02 Å². The lowest BCUT2D eigenvalue weighted by Gasteiger charge is -2.25. The first-order valence-electron chi connectivity index (χ1n) is 8.81. The van der Waals surface area contributed by atoms with Crippen molar-refractivity contribution in [3.05, 3.63) is 71.1 Å². The minimum absolute atomic E-state index is 0.0974. The first-order valence-corrected chi connectivity index (χ1v) is 9.19. The molecule has 1 fully saturated rings. The highest BCUT2D eigenvalue weighted by Crippen LogP contribution is 2.33. The molecule has 1 aliphatic rings. The molecule has 0 bridgehead atoms. The zero-order chi connectivity index (χ0) is 19.7. The average molecular weight is 397 g/mol. The van der Waals surface area contributed by atoms with Crippen molar-refractivity contribution in [3.8, 4) is 11.4 Å². The highest BCUT2D eigenvalue weighted by molar-refractivity contribution is 6.30. The summed E-state index contributed by atoms with van der Waals surface area (Å²) in [6, 6.07) is 15.7. The molecule has 7 nitrogen and oxygen atoms in total. The smallest absolute Gasteiger partial charge is 0.325 e. The van der Waals surface area contributed by atoms with Crippen LogP contribution in [0.3, 0.4) is 0 Å². The maximum atomic E-state index is 13.1. The van der Waals surface area contributed by atoms with Crippen molar-refractivity contribution in [2.45, 2.75) is 25.4 Å². The number of carbonyl (C=O) groups is 2. The minimum Gasteiger partial charge on any atom is -0.337 e. The Hall–Kier alpha value is -3.19. The van der Waals surface area contributed by atoms with Crippen molar-refractivity contribution in [2.24, 2.45) is 0 Å². The summed E-state index contributed by atoms with van der Waals surface area (Å²) in [4.78, 5) is 31.1. The van der Waals surface area contributed by atoms with Crippen molar-refractivity contribution in [2.75, 3.05) is 0 Å². The Balaban J connectivity index is 1.58. The third-order valence-electron chi connectivity index (χ3n) is 4.84. The molecule has 8 heteroatoms. The molecule has 0 unspecified atom stereocenters. The first kappa shape index (κ1) is 18.2. The Morgan fingerprint density at radius 3 is 2.50 bits per heavy atom. The molecule has 1 atom stereocenters. The van der Waals surface area contributed by atoms with E-state index in [0.29, 0.717) is 17.3 Å². The Kier molecular flexibility index (Phi) is 4.60. The van der Waals surface area contributed by atoms with Crippen LogP contribution >= 0.6 is 11.6 Å². The SMILES string of the molecule is CC[C@]1(c2ccccc2)NC(=O)N(Cc2nc(-c3ccc(Cl)cc3)no2)C1=O. The average Bonchev–Trinajstić information content (AvgIpc) is 3.28. The van der Waals surface area contributed by atoms with Crippen LogP contribution in [-0.2, 0) is 16.9 Å². The van der Waals surface area contributed by atoms with Gasteiger partial charge in [-0.1, -0.05) is 54.0 Å². The van der Waals surface area contributed by atoms with E-state index in [2.05, 4.69) is 15.5 Å². The number of aromatic nitrogens is 2. The van der Waals surface area contributed by atoms with E-state index in [0.717, 1.165) is 16.0 Å². The Bertz CT molecular complexity index is 1020. The molecule has 0 spiro atoms. The molecule has 0 aliphatic carbocycles. The van der Waals surface area contributed by atoms with Gasteiger partial charge in [0, 0.05) is 10.6 Å². The minimum atomic E-state index is -1.09. The Morgan fingerprint density at radius 2 is 1.82 bits per heavy atom. The number of benzene rings is 2. The van der Waals surface area contributed by atoms with E-state index in [1.807, 2.05) is 37.3 Å². The number of urea groups is 1. The number of nitrogens with zero attached hydrogens (tertiary/aromatic N) is 3. The molecule has 1 N–H and O–H groups in total. The number of amides is 3. The van der Waals surface area contributed by atoms with Crippen molar-refractivity contribution in [1.29, 1.82) is 0 Å². The quantitative estimate of drug-likeness (QED) is 0.663. The van der Waals surface area contributed by atoms with E-state index in [-0.39, 0.29) is 18.3 Å². The molecule has 2 aromatic carbocycles. The van der Waals surface area contributed by atoms with Gasteiger partial charge in [-0.05, 0) is 36.2 Å². The van der Waals surface area contributed by atoms with Gasteiger partial charge in [0.2, 0.25) is 11.7 Å². The molecule has 1 saturated heterocycles. The van der Waals surface area contributed by atoms with Gasteiger partial charge in [-0.15, -0.1) is 0 Å². The Labute approximate surface area is 166 Å². The van der Waals surface area contributed by atoms with Crippen molar-refractivity contribution >= 4 is 23.5 Å². The second kappa shape index (κ2) is 7.09. The lowest BCUT2D eigenvalue weighted by atomic mass is 9.87. The summed E-state index contributed by atoms with van der Waals surface area (Å²) < 4.78 is 5.25. The monoisotopic (exact) mass is 396 g/mol. The molecular weight excluding hydrogens is 380 g/mol. The van der Waals surface area contributed by atoms with Crippen LogP contribution < -0.4 is 5.32 Å². The molecular formula is C20H17ClN4O3. The third-order valence-corrected chi connectivity index (χ3v) is 5.09. The van der Waals surface area contributed by atoms with E-state index in [4.69, 9.17) is 16.1 Å². The zero-order valence-electron chi connectivity index (χ0n) is 15.1. The molecule has 2 heterocycles. The number of rotatable bonds is 5. The number of carbonyl (C=O) groups excluding carboxylic acids is 2. The number of hydrogen-bond donors (Lipinski definition) is 1. The summed E-state index contributed by atoms with van der Waals surface area (Å²) in [5.41, 5.74) is 0.381. The van der Waals surface area contributed by atoms with Gasteiger partial charge in [-0.2, -0.15) is 4.98 Å². The Morgan fingerprint density at radius 1 is 1.11 bits per heavy atom. The van der Waals surface area contributed by atoms with Gasteiger partial charge in [0.15, 0.2) is 0 Å². The van der Waals surface area contributed by atoms with Gasteiger partial charge in [0.1, 0.15) is 12.1 Å². The fourth-order valence-electron chi connectivity index (χ4n) is 3.30. The van der Waals surface area contributed by atoms with Gasteiger partial charge in [-0.3, -0.25) is 9.69 Å². The number of halogens is 1. The van der Waals surface area contributed by atoms with Crippen molar-refractivity contribution in [1.82, 2.24) is 20.4 Å². The molecule has 3 amide bonds. The third kappa shape index (κ3) is 3.03. The first-order chi connectivity index (χ1) is 13.5. The van der Waals surface area contributed by atoms with Crippen LogP contribution in [-0.4, -0.2) is 27.0 Å². The highest BCUT2D eigenvalue weighted by Gasteiger charge is 2.51. The molecule has 1 aromatic heterocycles. The van der Waals surface area contributed by atoms with Crippen LogP contribution in [0.15, 0.2) is 59.1 Å². The predicted molar refractivity (Wildman–Crippen MR) is 102 cm³/mol. The van der Waals surface area contributed by atoms with Crippen LogP contribution in [0.4, 0.5) is 4.79 Å². The predicted octanol–water partition coefficient (Wildman–Crippen LogP) is 3.75. The van der Waals surface area contributed by atoms with E-state index in [1.165, 1.54) is 0 Å². The zero-order valence-corrected chi connectivity index (χ0v) is 15.8. The maximum absolute atomic E-state index is 13.1. The molecule has 28 heavy (non-hydrogen) atoms. The van der Waals surface area contributed by atoms with Gasteiger partial charge in [0.25, 0.3) is 5.91 Å². The lowest BCUT2D eigenvalue weighted by molar-refractivity contribution is -0.132. The van der Waals surface area contributed by atoms with Crippen LogP contribution in [0, 0.1) is 0 Å². The summed E-state index contributed by atoms with van der Waals surface area (Å²) in [6.45, 7) is 1.76. The number of nitrogens with one attached hydrogen (secondary N) is 1. The van der Waals surface area contributed by atoms with E-state index in [1.54, 1.807) is 24.3 Å². The molecule has 0 radical (unpaired) electrons. The second-order valence-electron chi connectivity index (χ2n) is 6.46. The molecule has 0 saturated carbocycles. The topological polar surface area (TPSA) is 88.3 Å². The van der Waals surface area contributed by atoms with E-state index < -0.39 is 11.6 Å². The van der Waals surface area contributed by atoms with E-state index in [9.17, 15) is 9.59 Å². The second-order valence-corrected chi connectivity index (χ2v) is 6.90. The molecule has 3 aromatic rings. The number of hydrogen-bond acceptors (Lipinski definition) is 5. The van der Waals surface area contributed by atoms with Crippen LogP contribution in [0.5, 0.6) is 0 Å². The summed E-state index contributed by atoms with van der Waals surface area (Å²) in [5, 5.41) is 7.36. The normalized spacial score (nSPS) is 19.1. The van der Waals surface area contributed by atoms with Crippen LogP contribution in [0.25, 0.3) is 11.4 Å². The highest BCUT2D eigenvalue weighted by atomic mass is 35.5. The van der Waals surface area contributed by atoms with Crippen molar-refractivity contribution in [3.63, 3.8) is 0 Å². The maximum Gasteiger partial charge on any atom is 0.325 e. The molecule has 4 rings (SSSR count). The summed E-state index contributed by atoms with van der Waals surface area (Å²) in [7, 11) is 0. The fraction of sp³-hybridized carbons (Fsp3) is 0.200. The molecule has 1 aliphatic heterocycles. The van der Waals surface area contributed by atoms with Crippen molar-refractivity contribution < 1.29 is 14.1 Å². The van der Waals surface area contributed by atoms with Gasteiger partial charge in [0.05, 0.1) is 0 Å². The summed E-state index contributed by atoms with van der Waals surface area (Å²) in [6.07, 6.45) is 0.429. The standard InChI is InChI=1S/C20H17ClN4O3/c1-2-20(14-6-4-3-5-7-14)18(26)25(19(27)23-20)12-16-22-17(24-28-16)13-8-10-15(21)11-9-13/h3-11H,2,12H2,1H3,(H,23,27)/t20-/m1/s1. The summed E-state index contributed by atoms with van der Waals surface area (Å²) in [5.74, 6) is 0.203. The number of imide groups is 1. The fourth-order valence-corrected chi connectivity index (χ4v) is 3.43. The lowest BCUT2D eigenvalue weighted by Crippen LogP contribution is -2.43. The van der Waals surface area contributed by atoms with Gasteiger partial charge >= 0.3 is 6.03 Å². The summed E-state index contributed by atoms with van der Waals surface area (Å²) >= 11 is 5.89.